The van der Waals surface area contributed by atoms with E-state index in [1.807, 2.05) is 30.3 Å². The predicted octanol–water partition coefficient (Wildman–Crippen LogP) is 6.60. The molecular weight excluding hydrogens is 536 g/mol. The Morgan fingerprint density at radius 2 is 1.61 bits per heavy atom. The van der Waals surface area contributed by atoms with Gasteiger partial charge in [-0.15, -0.1) is 0 Å². The maximum absolute atomic E-state index is 13.8. The number of rotatable bonds is 7. The summed E-state index contributed by atoms with van der Waals surface area (Å²) in [4.78, 5) is 26.6. The van der Waals surface area contributed by atoms with Crippen molar-refractivity contribution < 1.29 is 9.53 Å². The van der Waals surface area contributed by atoms with E-state index in [0.717, 1.165) is 11.1 Å². The van der Waals surface area contributed by atoms with Gasteiger partial charge in [0.05, 0.1) is 30.7 Å². The largest absolute Gasteiger partial charge is 0.497 e. The topological polar surface area (TPSA) is 110 Å². The van der Waals surface area contributed by atoms with Gasteiger partial charge in [-0.1, -0.05) is 48.0 Å². The molecule has 7 nitrogen and oxygen atoms in total. The summed E-state index contributed by atoms with van der Waals surface area (Å²) >= 11 is 6.08. The zero-order valence-electron chi connectivity index (χ0n) is 22.1. The molecular formula is C33H25ClN4O3. The van der Waals surface area contributed by atoms with Crippen LogP contribution in [0.25, 0.3) is 22.4 Å². The number of methoxy groups -OCH3 is 1. The summed E-state index contributed by atoms with van der Waals surface area (Å²) in [7, 11) is 1.59. The molecule has 5 rings (SSSR count). The average Bonchev–Trinajstić information content (AvgIpc) is 3.00. The highest BCUT2D eigenvalue weighted by molar-refractivity contribution is 6.30. The SMILES string of the molecule is COc1ccc(-c2cc(-c3ccc(Cl)cc3)c(C#N)c(=O)n2Cc2ccc(C(=O)Nc3ccccc3N)cc2)cc1. The maximum Gasteiger partial charge on any atom is 0.269 e. The summed E-state index contributed by atoms with van der Waals surface area (Å²) < 4.78 is 6.88. The van der Waals surface area contributed by atoms with Crippen molar-refractivity contribution in [2.75, 3.05) is 18.2 Å². The molecule has 3 N–H and O–H groups in total. The lowest BCUT2D eigenvalue weighted by atomic mass is 9.98. The molecule has 0 saturated carbocycles. The first kappa shape index (κ1) is 27.3. The van der Waals surface area contributed by atoms with Crippen LogP contribution in [0.4, 0.5) is 11.4 Å². The van der Waals surface area contributed by atoms with Crippen molar-refractivity contribution in [2.45, 2.75) is 6.54 Å². The molecule has 0 aliphatic carbocycles. The van der Waals surface area contributed by atoms with Crippen LogP contribution in [-0.2, 0) is 6.54 Å². The fourth-order valence-electron chi connectivity index (χ4n) is 4.52. The van der Waals surface area contributed by atoms with Crippen molar-refractivity contribution in [3.63, 3.8) is 0 Å². The Labute approximate surface area is 242 Å². The second-order valence-electron chi connectivity index (χ2n) is 9.30. The lowest BCUT2D eigenvalue weighted by Crippen LogP contribution is -2.25. The third-order valence-electron chi connectivity index (χ3n) is 6.72. The van der Waals surface area contributed by atoms with Gasteiger partial charge in [0.25, 0.3) is 11.5 Å². The van der Waals surface area contributed by atoms with E-state index in [1.165, 1.54) is 0 Å². The number of benzene rings is 4. The predicted molar refractivity (Wildman–Crippen MR) is 162 cm³/mol. The molecule has 8 heteroatoms. The third-order valence-corrected chi connectivity index (χ3v) is 6.97. The van der Waals surface area contributed by atoms with Crippen LogP contribution in [0.1, 0.15) is 21.5 Å². The Bertz CT molecular complexity index is 1820. The molecule has 0 aliphatic heterocycles. The van der Waals surface area contributed by atoms with Gasteiger partial charge in [-0.05, 0) is 83.4 Å². The standard InChI is InChI=1S/C33H25ClN4O3/c1-41-26-16-12-23(13-17-26)31-18-27(22-10-14-25(34)15-11-22)28(19-35)33(40)38(31)20-21-6-8-24(9-7-21)32(39)37-30-5-3-2-4-29(30)36/h2-18H,20,36H2,1H3,(H,37,39). The van der Waals surface area contributed by atoms with Crippen LogP contribution in [0.15, 0.2) is 108 Å². The average molecular weight is 561 g/mol. The summed E-state index contributed by atoms with van der Waals surface area (Å²) in [5.74, 6) is 0.380. The molecule has 202 valence electrons. The van der Waals surface area contributed by atoms with E-state index in [2.05, 4.69) is 11.4 Å². The van der Waals surface area contributed by atoms with Crippen LogP contribution in [0.2, 0.25) is 5.02 Å². The van der Waals surface area contributed by atoms with Crippen molar-refractivity contribution in [1.82, 2.24) is 4.57 Å². The fraction of sp³-hybridized carbons (Fsp3) is 0.0606. The number of aromatic nitrogens is 1. The normalized spacial score (nSPS) is 10.6. The zero-order chi connectivity index (χ0) is 28.9. The fourth-order valence-corrected chi connectivity index (χ4v) is 4.64. The van der Waals surface area contributed by atoms with Crippen molar-refractivity contribution >= 4 is 28.9 Å². The highest BCUT2D eigenvalue weighted by Gasteiger charge is 2.18. The van der Waals surface area contributed by atoms with E-state index in [-0.39, 0.29) is 18.0 Å². The number of carbonyl (C=O) groups is 1. The second-order valence-corrected chi connectivity index (χ2v) is 9.73. The number of para-hydroxylation sites is 2. The highest BCUT2D eigenvalue weighted by atomic mass is 35.5. The van der Waals surface area contributed by atoms with Crippen LogP contribution in [-0.4, -0.2) is 17.6 Å². The molecule has 0 spiro atoms. The molecule has 0 saturated heterocycles. The van der Waals surface area contributed by atoms with E-state index < -0.39 is 5.56 Å². The van der Waals surface area contributed by atoms with E-state index in [4.69, 9.17) is 22.1 Å². The number of hydrogen-bond donors (Lipinski definition) is 2. The lowest BCUT2D eigenvalue weighted by Gasteiger charge is -2.17. The molecule has 1 amide bonds. The number of nitrogens with one attached hydrogen (secondary N) is 1. The van der Waals surface area contributed by atoms with Crippen LogP contribution in [0.3, 0.4) is 0 Å². The summed E-state index contributed by atoms with van der Waals surface area (Å²) in [5.41, 5.74) is 10.4. The van der Waals surface area contributed by atoms with E-state index >= 15 is 0 Å². The molecule has 0 aliphatic rings. The van der Waals surface area contributed by atoms with Crippen molar-refractivity contribution in [3.8, 4) is 34.2 Å². The monoisotopic (exact) mass is 560 g/mol. The van der Waals surface area contributed by atoms with E-state index in [0.29, 0.717) is 44.5 Å². The van der Waals surface area contributed by atoms with Gasteiger partial charge in [-0.3, -0.25) is 9.59 Å². The summed E-state index contributed by atoms with van der Waals surface area (Å²) in [6.45, 7) is 0.184. The van der Waals surface area contributed by atoms with E-state index in [9.17, 15) is 14.9 Å². The highest BCUT2D eigenvalue weighted by Crippen LogP contribution is 2.30. The minimum absolute atomic E-state index is 0.0287. The zero-order valence-corrected chi connectivity index (χ0v) is 22.9. The van der Waals surface area contributed by atoms with Crippen LogP contribution < -0.4 is 21.3 Å². The maximum atomic E-state index is 13.8. The van der Waals surface area contributed by atoms with Crippen LogP contribution in [0.5, 0.6) is 5.75 Å². The van der Waals surface area contributed by atoms with Gasteiger partial charge in [0, 0.05) is 16.1 Å². The molecule has 0 unspecified atom stereocenters. The summed E-state index contributed by atoms with van der Waals surface area (Å²) in [6, 6.07) is 32.3. The quantitative estimate of drug-likeness (QED) is 0.218. The molecule has 0 radical (unpaired) electrons. The Morgan fingerprint density at radius 1 is 0.951 bits per heavy atom. The van der Waals surface area contributed by atoms with Gasteiger partial charge in [0.15, 0.2) is 0 Å². The molecule has 0 atom stereocenters. The molecule has 1 aromatic heterocycles. The number of ether oxygens (including phenoxy) is 1. The van der Waals surface area contributed by atoms with Gasteiger partial charge in [-0.25, -0.2) is 0 Å². The lowest BCUT2D eigenvalue weighted by molar-refractivity contribution is 0.102. The van der Waals surface area contributed by atoms with Gasteiger partial charge >= 0.3 is 0 Å². The van der Waals surface area contributed by atoms with Crippen molar-refractivity contribution in [1.29, 1.82) is 5.26 Å². The Hall–Kier alpha value is -5.32. The number of amides is 1. The molecule has 41 heavy (non-hydrogen) atoms. The van der Waals surface area contributed by atoms with E-state index in [1.54, 1.807) is 84.5 Å². The second kappa shape index (κ2) is 11.8. The first-order valence-electron chi connectivity index (χ1n) is 12.7. The molecule has 0 fully saturated rings. The summed E-state index contributed by atoms with van der Waals surface area (Å²) in [6.07, 6.45) is 0. The molecule has 5 aromatic rings. The number of pyridine rings is 1. The Kier molecular flexibility index (Phi) is 7.86. The number of nitriles is 1. The number of nitrogens with zero attached hydrogens (tertiary/aromatic N) is 2. The van der Waals surface area contributed by atoms with Gasteiger partial charge in [0.1, 0.15) is 17.4 Å². The minimum Gasteiger partial charge on any atom is -0.497 e. The number of nitrogen functional groups attached to an aromatic ring is 1. The Morgan fingerprint density at radius 3 is 2.24 bits per heavy atom. The summed E-state index contributed by atoms with van der Waals surface area (Å²) in [5, 5.41) is 13.4. The smallest absolute Gasteiger partial charge is 0.269 e. The minimum atomic E-state index is -0.424. The Balaban J connectivity index is 1.54. The van der Waals surface area contributed by atoms with Crippen LogP contribution >= 0.6 is 11.6 Å². The first-order valence-corrected chi connectivity index (χ1v) is 13.1. The molecule has 0 bridgehead atoms. The number of nitrogens with two attached hydrogens (primary N) is 1. The number of halogens is 1. The van der Waals surface area contributed by atoms with Gasteiger partial charge < -0.3 is 20.4 Å². The van der Waals surface area contributed by atoms with Crippen LogP contribution in [0, 0.1) is 11.3 Å². The van der Waals surface area contributed by atoms with Crippen molar-refractivity contribution in [3.05, 3.63) is 135 Å². The number of carbonyl (C=O) groups excluding carboxylic acids is 1. The van der Waals surface area contributed by atoms with Crippen molar-refractivity contribution in [2.24, 2.45) is 0 Å². The number of anilines is 2. The molecule has 4 aromatic carbocycles. The first-order chi connectivity index (χ1) is 19.9. The third kappa shape index (κ3) is 5.83. The number of hydrogen-bond acceptors (Lipinski definition) is 5. The van der Waals surface area contributed by atoms with Gasteiger partial charge in [0.2, 0.25) is 0 Å². The van der Waals surface area contributed by atoms with Gasteiger partial charge in [-0.2, -0.15) is 5.26 Å². The molecule has 1 heterocycles.